The molecule has 114 valence electrons. The normalized spacial score (nSPS) is 28.3. The van der Waals surface area contributed by atoms with Gasteiger partial charge < -0.3 is 9.64 Å². The van der Waals surface area contributed by atoms with Crippen LogP contribution in [0.2, 0.25) is 0 Å². The summed E-state index contributed by atoms with van der Waals surface area (Å²) in [5, 5.41) is 3.17. The van der Waals surface area contributed by atoms with Crippen LogP contribution in [0.25, 0.3) is 0 Å². The fraction of sp³-hybridized carbons (Fsp3) is 0.533. The van der Waals surface area contributed by atoms with Crippen molar-refractivity contribution in [2.24, 2.45) is 11.8 Å². The van der Waals surface area contributed by atoms with Crippen LogP contribution in [0.5, 0.6) is 5.75 Å². The summed E-state index contributed by atoms with van der Waals surface area (Å²) in [6.07, 6.45) is 0.989. The lowest BCUT2D eigenvalue weighted by Crippen LogP contribution is -2.32. The zero-order valence-electron chi connectivity index (χ0n) is 11.8. The van der Waals surface area contributed by atoms with Gasteiger partial charge in [-0.05, 0) is 36.0 Å². The van der Waals surface area contributed by atoms with Gasteiger partial charge in [0, 0.05) is 6.54 Å². The highest BCUT2D eigenvalue weighted by molar-refractivity contribution is 5.81. The molecule has 2 aliphatic rings. The van der Waals surface area contributed by atoms with Gasteiger partial charge in [-0.25, -0.2) is 0 Å². The zero-order valence-corrected chi connectivity index (χ0v) is 11.8. The minimum absolute atomic E-state index is 0.0898. The number of hydrogen-bond donors (Lipinski definition) is 1. The summed E-state index contributed by atoms with van der Waals surface area (Å²) >= 11 is 0. The van der Waals surface area contributed by atoms with E-state index < -0.39 is 6.61 Å². The third-order valence-electron chi connectivity index (χ3n) is 4.21. The Morgan fingerprint density at radius 2 is 2.05 bits per heavy atom. The number of nitrogens with zero attached hydrogens (tertiary/aromatic N) is 1. The van der Waals surface area contributed by atoms with E-state index >= 15 is 0 Å². The van der Waals surface area contributed by atoms with E-state index in [0.29, 0.717) is 18.4 Å². The predicted octanol–water partition coefficient (Wildman–Crippen LogP) is 2.37. The Labute approximate surface area is 122 Å². The molecule has 1 heterocycles. The third-order valence-corrected chi connectivity index (χ3v) is 4.21. The van der Waals surface area contributed by atoms with E-state index in [4.69, 9.17) is 0 Å². The molecule has 1 amide bonds. The molecule has 4 nitrogen and oxygen atoms in total. The number of hydrogen-bond acceptors (Lipinski definition) is 3. The molecule has 3 rings (SSSR count). The molecule has 1 aliphatic heterocycles. The summed E-state index contributed by atoms with van der Waals surface area (Å²) in [5.41, 5.74) is 0.885. The number of nitrogens with one attached hydrogen (secondary N) is 1. The Morgan fingerprint density at radius 3 is 2.62 bits per heavy atom. The van der Waals surface area contributed by atoms with E-state index in [1.807, 2.05) is 4.90 Å². The van der Waals surface area contributed by atoms with Gasteiger partial charge in [0.25, 0.3) is 0 Å². The van der Waals surface area contributed by atoms with Crippen molar-refractivity contribution in [3.05, 3.63) is 29.8 Å². The lowest BCUT2D eigenvalue weighted by molar-refractivity contribution is -0.128. The minimum Gasteiger partial charge on any atom is -0.435 e. The first-order valence-corrected chi connectivity index (χ1v) is 7.12. The largest absolute Gasteiger partial charge is 0.435 e. The number of alkyl halides is 2. The minimum atomic E-state index is -2.82. The van der Waals surface area contributed by atoms with Gasteiger partial charge >= 0.3 is 6.61 Å². The Morgan fingerprint density at radius 1 is 1.38 bits per heavy atom. The maximum absolute atomic E-state index is 12.1. The van der Waals surface area contributed by atoms with E-state index in [-0.39, 0.29) is 17.8 Å². The van der Waals surface area contributed by atoms with Gasteiger partial charge in [0.1, 0.15) is 11.9 Å². The summed E-state index contributed by atoms with van der Waals surface area (Å²) < 4.78 is 28.6. The number of rotatable bonds is 5. The number of amides is 1. The van der Waals surface area contributed by atoms with Gasteiger partial charge in [-0.1, -0.05) is 19.1 Å². The van der Waals surface area contributed by atoms with Gasteiger partial charge in [-0.2, -0.15) is 8.78 Å². The van der Waals surface area contributed by atoms with E-state index in [9.17, 15) is 13.6 Å². The Hall–Kier alpha value is -1.69. The predicted molar refractivity (Wildman–Crippen MR) is 72.8 cm³/mol. The molecule has 21 heavy (non-hydrogen) atoms. The standard InChI is InChI=1S/C15H18F2N2O2/c1-9-6-11(9)8-19-13(20)7-18-14(19)10-2-4-12(5-3-10)21-15(16)17/h2-5,9,11,14-15,18H,6-8H2,1H3. The lowest BCUT2D eigenvalue weighted by atomic mass is 10.1. The van der Waals surface area contributed by atoms with Crippen LogP contribution < -0.4 is 10.1 Å². The van der Waals surface area contributed by atoms with Gasteiger partial charge in [0.15, 0.2) is 0 Å². The zero-order chi connectivity index (χ0) is 15.0. The van der Waals surface area contributed by atoms with Crippen LogP contribution in [0.3, 0.4) is 0 Å². The maximum Gasteiger partial charge on any atom is 0.387 e. The molecule has 2 fully saturated rings. The van der Waals surface area contributed by atoms with Crippen LogP contribution in [0.1, 0.15) is 25.1 Å². The molecule has 0 bridgehead atoms. The second-order valence-corrected chi connectivity index (χ2v) is 5.75. The molecular formula is C15H18F2N2O2. The molecule has 1 saturated heterocycles. The molecule has 3 atom stereocenters. The van der Waals surface area contributed by atoms with Crippen molar-refractivity contribution in [1.82, 2.24) is 10.2 Å². The molecule has 3 unspecified atom stereocenters. The number of carbonyl (C=O) groups excluding carboxylic acids is 1. The molecule has 0 radical (unpaired) electrons. The van der Waals surface area contributed by atoms with Crippen LogP contribution in [-0.4, -0.2) is 30.5 Å². The first kappa shape index (κ1) is 14.3. The average Bonchev–Trinajstić information content (AvgIpc) is 3.01. The quantitative estimate of drug-likeness (QED) is 0.907. The number of carbonyl (C=O) groups is 1. The molecule has 0 aromatic heterocycles. The van der Waals surface area contributed by atoms with Gasteiger partial charge in [-0.3, -0.25) is 10.1 Å². The molecule has 1 aliphatic carbocycles. The second kappa shape index (κ2) is 5.60. The molecular weight excluding hydrogens is 278 g/mol. The first-order valence-electron chi connectivity index (χ1n) is 7.12. The highest BCUT2D eigenvalue weighted by atomic mass is 19.3. The van der Waals surface area contributed by atoms with Crippen molar-refractivity contribution in [3.63, 3.8) is 0 Å². The molecule has 0 spiro atoms. The van der Waals surface area contributed by atoms with Crippen LogP contribution >= 0.6 is 0 Å². The monoisotopic (exact) mass is 296 g/mol. The van der Waals surface area contributed by atoms with E-state index in [2.05, 4.69) is 17.0 Å². The van der Waals surface area contributed by atoms with Gasteiger partial charge in [0.2, 0.25) is 5.91 Å². The highest BCUT2D eigenvalue weighted by Crippen LogP contribution is 2.40. The maximum atomic E-state index is 12.1. The molecule has 6 heteroatoms. The molecule has 1 saturated carbocycles. The highest BCUT2D eigenvalue weighted by Gasteiger charge is 2.39. The fourth-order valence-electron chi connectivity index (χ4n) is 2.78. The summed E-state index contributed by atoms with van der Waals surface area (Å²) in [6, 6.07) is 6.45. The van der Waals surface area contributed by atoms with Crippen LogP contribution in [-0.2, 0) is 4.79 Å². The van der Waals surface area contributed by atoms with Gasteiger partial charge in [0.05, 0.1) is 6.54 Å². The molecule has 1 N–H and O–H groups in total. The fourth-order valence-corrected chi connectivity index (χ4v) is 2.78. The van der Waals surface area contributed by atoms with Crippen LogP contribution in [0.4, 0.5) is 8.78 Å². The van der Waals surface area contributed by atoms with Crippen molar-refractivity contribution < 1.29 is 18.3 Å². The van der Waals surface area contributed by atoms with Crippen molar-refractivity contribution in [2.45, 2.75) is 26.1 Å². The Balaban J connectivity index is 1.70. The smallest absolute Gasteiger partial charge is 0.387 e. The van der Waals surface area contributed by atoms with Crippen LogP contribution in [0.15, 0.2) is 24.3 Å². The lowest BCUT2D eigenvalue weighted by Gasteiger charge is -2.25. The Kier molecular flexibility index (Phi) is 3.80. The number of ether oxygens (including phenoxy) is 1. The SMILES string of the molecule is CC1CC1CN1C(=O)CNC1c1ccc(OC(F)F)cc1. The van der Waals surface area contributed by atoms with E-state index in [0.717, 1.165) is 18.5 Å². The summed E-state index contributed by atoms with van der Waals surface area (Å²) in [5.74, 6) is 1.48. The van der Waals surface area contributed by atoms with Crippen molar-refractivity contribution in [3.8, 4) is 5.75 Å². The molecule has 1 aromatic rings. The van der Waals surface area contributed by atoms with E-state index in [1.54, 1.807) is 12.1 Å². The van der Waals surface area contributed by atoms with E-state index in [1.165, 1.54) is 12.1 Å². The summed E-state index contributed by atoms with van der Waals surface area (Å²) in [4.78, 5) is 13.8. The topological polar surface area (TPSA) is 41.6 Å². The van der Waals surface area contributed by atoms with Crippen molar-refractivity contribution >= 4 is 5.91 Å². The Bertz CT molecular complexity index is 521. The van der Waals surface area contributed by atoms with Crippen LogP contribution in [0, 0.1) is 11.8 Å². The van der Waals surface area contributed by atoms with Crippen molar-refractivity contribution in [2.75, 3.05) is 13.1 Å². The van der Waals surface area contributed by atoms with Gasteiger partial charge in [-0.15, -0.1) is 0 Å². The number of halogens is 2. The van der Waals surface area contributed by atoms with Crippen molar-refractivity contribution in [1.29, 1.82) is 0 Å². The summed E-state index contributed by atoms with van der Waals surface area (Å²) in [7, 11) is 0. The number of benzene rings is 1. The second-order valence-electron chi connectivity index (χ2n) is 5.75. The molecule has 1 aromatic carbocycles. The average molecular weight is 296 g/mol. The third kappa shape index (κ3) is 3.15. The first-order chi connectivity index (χ1) is 10.0. The summed E-state index contributed by atoms with van der Waals surface area (Å²) in [6.45, 7) is 0.438.